The second-order valence-electron chi connectivity index (χ2n) is 4.79. The van der Waals surface area contributed by atoms with Crippen LogP contribution in [0.15, 0.2) is 48.2 Å². The van der Waals surface area contributed by atoms with Gasteiger partial charge in [0.25, 0.3) is 0 Å². The largest absolute Gasteiger partial charge is 0.507 e. The van der Waals surface area contributed by atoms with Crippen molar-refractivity contribution in [2.45, 2.75) is 6.42 Å². The van der Waals surface area contributed by atoms with E-state index in [1.54, 1.807) is 6.07 Å². The van der Waals surface area contributed by atoms with Crippen LogP contribution in [0.4, 0.5) is 0 Å². The lowest BCUT2D eigenvalue weighted by molar-refractivity contribution is 0.0972. The maximum absolute atomic E-state index is 12.3. The summed E-state index contributed by atoms with van der Waals surface area (Å²) >= 11 is 0. The summed E-state index contributed by atoms with van der Waals surface area (Å²) in [4.78, 5) is 16.9. The van der Waals surface area contributed by atoms with Gasteiger partial charge < -0.3 is 15.1 Å². The van der Waals surface area contributed by atoms with Crippen LogP contribution in [-0.4, -0.2) is 16.0 Å². The highest BCUT2D eigenvalue weighted by Crippen LogP contribution is 2.37. The topological polar surface area (TPSA) is 92.8 Å². The monoisotopic (exact) mass is 283 g/mol. The van der Waals surface area contributed by atoms with Crippen LogP contribution in [-0.2, 0) is 6.42 Å². The zero-order valence-corrected chi connectivity index (χ0v) is 11.0. The molecule has 106 valence electrons. The van der Waals surface area contributed by atoms with Crippen molar-refractivity contribution in [2.75, 3.05) is 0 Å². The molecule has 3 rings (SSSR count). The Morgan fingerprint density at radius 1 is 1.10 bits per heavy atom. The number of carbonyl (C=O) groups is 1. The van der Waals surface area contributed by atoms with Gasteiger partial charge in [-0.2, -0.15) is 5.90 Å². The fourth-order valence-corrected chi connectivity index (χ4v) is 2.53. The Kier molecular flexibility index (Phi) is 3.12. The van der Waals surface area contributed by atoms with E-state index in [0.29, 0.717) is 17.6 Å². The van der Waals surface area contributed by atoms with Gasteiger partial charge in [0.05, 0.1) is 5.56 Å². The molecule has 5 heteroatoms. The molecule has 0 bridgehead atoms. The molecule has 4 N–H and O–H groups in total. The summed E-state index contributed by atoms with van der Waals surface area (Å²) < 4.78 is 0. The number of phenolic OH excluding ortho intramolecular Hbond substituents is 1. The van der Waals surface area contributed by atoms with Crippen molar-refractivity contribution in [3.63, 3.8) is 0 Å². The van der Waals surface area contributed by atoms with Crippen molar-refractivity contribution in [3.05, 3.63) is 64.9 Å². The van der Waals surface area contributed by atoms with Gasteiger partial charge in [0.15, 0.2) is 11.5 Å². The quantitative estimate of drug-likeness (QED) is 0.736. The Hall–Kier alpha value is -2.79. The first-order chi connectivity index (χ1) is 10.1. The van der Waals surface area contributed by atoms with Crippen LogP contribution in [0, 0.1) is 0 Å². The predicted octanol–water partition coefficient (Wildman–Crippen LogP) is 2.35. The van der Waals surface area contributed by atoms with Crippen LogP contribution in [0.5, 0.6) is 11.5 Å². The van der Waals surface area contributed by atoms with Gasteiger partial charge in [-0.25, -0.2) is 0 Å². The fourth-order valence-electron chi connectivity index (χ4n) is 2.53. The highest BCUT2D eigenvalue weighted by Gasteiger charge is 2.29. The van der Waals surface area contributed by atoms with E-state index in [1.807, 2.05) is 30.3 Å². The Morgan fingerprint density at radius 2 is 1.81 bits per heavy atom. The SMILES string of the molecule is NOc1cc(O)c2c(c1)CC(c1ccccc1)=C(O)C2=O. The second kappa shape index (κ2) is 4.96. The number of aliphatic hydroxyl groups is 1. The number of Topliss-reactive ketones (excluding diaryl/α,β-unsaturated/α-hetero) is 1. The molecule has 0 amide bonds. The van der Waals surface area contributed by atoms with Crippen LogP contribution in [0.3, 0.4) is 0 Å². The van der Waals surface area contributed by atoms with Crippen LogP contribution in [0.1, 0.15) is 21.5 Å². The minimum absolute atomic E-state index is 0.0907. The summed E-state index contributed by atoms with van der Waals surface area (Å²) in [5, 5.41) is 20.1. The van der Waals surface area contributed by atoms with Crippen LogP contribution in [0.2, 0.25) is 0 Å². The first-order valence-electron chi connectivity index (χ1n) is 6.36. The van der Waals surface area contributed by atoms with Crippen LogP contribution < -0.4 is 10.7 Å². The number of hydrogen-bond acceptors (Lipinski definition) is 5. The molecule has 2 aromatic carbocycles. The number of carbonyl (C=O) groups excluding carboxylic acids is 1. The molecule has 2 aromatic rings. The second-order valence-corrected chi connectivity index (χ2v) is 4.79. The molecule has 0 radical (unpaired) electrons. The van der Waals surface area contributed by atoms with Crippen molar-refractivity contribution in [1.29, 1.82) is 0 Å². The number of hydrogen-bond donors (Lipinski definition) is 3. The molecule has 0 saturated carbocycles. The highest BCUT2D eigenvalue weighted by molar-refractivity contribution is 6.16. The third-order valence-electron chi connectivity index (χ3n) is 3.53. The van der Waals surface area contributed by atoms with Gasteiger partial charge >= 0.3 is 0 Å². The number of nitrogens with two attached hydrogens (primary N) is 1. The zero-order chi connectivity index (χ0) is 15.0. The molecule has 0 aliphatic heterocycles. The average Bonchev–Trinajstić information content (AvgIpc) is 2.51. The smallest absolute Gasteiger partial charge is 0.231 e. The Bertz CT molecular complexity index is 750. The van der Waals surface area contributed by atoms with Crippen molar-refractivity contribution in [1.82, 2.24) is 0 Å². The van der Waals surface area contributed by atoms with Gasteiger partial charge in [-0.1, -0.05) is 30.3 Å². The van der Waals surface area contributed by atoms with Gasteiger partial charge in [-0.3, -0.25) is 4.79 Å². The lowest BCUT2D eigenvalue weighted by Gasteiger charge is -2.20. The molecule has 5 nitrogen and oxygen atoms in total. The van der Waals surface area contributed by atoms with Crippen molar-refractivity contribution in [3.8, 4) is 11.5 Å². The molecule has 0 unspecified atom stereocenters. The molecule has 0 atom stereocenters. The number of allylic oxidation sites excluding steroid dienone is 2. The fraction of sp³-hybridized carbons (Fsp3) is 0.0625. The highest BCUT2D eigenvalue weighted by atomic mass is 16.6. The van der Waals surface area contributed by atoms with E-state index < -0.39 is 5.78 Å². The van der Waals surface area contributed by atoms with Gasteiger partial charge in [0.1, 0.15) is 5.75 Å². The van der Waals surface area contributed by atoms with E-state index in [1.165, 1.54) is 6.07 Å². The molecule has 1 aliphatic carbocycles. The summed E-state index contributed by atoms with van der Waals surface area (Å²) in [6.07, 6.45) is 0.307. The summed E-state index contributed by atoms with van der Waals surface area (Å²) in [6.45, 7) is 0. The van der Waals surface area contributed by atoms with Crippen molar-refractivity contribution < 1.29 is 19.8 Å². The molecule has 0 heterocycles. The molecule has 0 saturated heterocycles. The molecular weight excluding hydrogens is 270 g/mol. The van der Waals surface area contributed by atoms with Gasteiger partial charge in [0, 0.05) is 18.1 Å². The van der Waals surface area contributed by atoms with E-state index in [2.05, 4.69) is 4.84 Å². The molecule has 0 spiro atoms. The standard InChI is InChI=1S/C16H13NO4/c17-21-11-6-10-7-12(9-4-2-1-3-5-9)15(19)16(20)14(10)13(18)8-11/h1-6,8,18-19H,7,17H2. The van der Waals surface area contributed by atoms with E-state index in [9.17, 15) is 15.0 Å². The van der Waals surface area contributed by atoms with E-state index in [4.69, 9.17) is 5.90 Å². The number of ketones is 1. The predicted molar refractivity (Wildman–Crippen MR) is 76.9 cm³/mol. The molecule has 0 fully saturated rings. The molecule has 21 heavy (non-hydrogen) atoms. The summed E-state index contributed by atoms with van der Waals surface area (Å²) in [6, 6.07) is 12.0. The first-order valence-corrected chi connectivity index (χ1v) is 6.36. The summed E-state index contributed by atoms with van der Waals surface area (Å²) in [5.74, 6) is 4.16. The van der Waals surface area contributed by atoms with Crippen LogP contribution in [0.25, 0.3) is 5.57 Å². The van der Waals surface area contributed by atoms with Gasteiger partial charge in [-0.15, -0.1) is 0 Å². The number of benzene rings is 2. The minimum Gasteiger partial charge on any atom is -0.507 e. The normalized spacial score (nSPS) is 14.0. The van der Waals surface area contributed by atoms with Crippen molar-refractivity contribution in [2.24, 2.45) is 5.90 Å². The minimum atomic E-state index is -0.601. The summed E-state index contributed by atoms with van der Waals surface area (Å²) in [7, 11) is 0. The van der Waals surface area contributed by atoms with Crippen molar-refractivity contribution >= 4 is 11.4 Å². The maximum atomic E-state index is 12.3. The van der Waals surface area contributed by atoms with Crippen LogP contribution >= 0.6 is 0 Å². The van der Waals surface area contributed by atoms with E-state index in [-0.39, 0.29) is 22.8 Å². The molecule has 1 aliphatic rings. The Morgan fingerprint density at radius 3 is 2.48 bits per heavy atom. The Balaban J connectivity index is 2.15. The number of aliphatic hydroxyl groups excluding tert-OH is 1. The van der Waals surface area contributed by atoms with Gasteiger partial charge in [0.2, 0.25) is 5.78 Å². The number of phenols is 1. The number of rotatable bonds is 2. The third-order valence-corrected chi connectivity index (χ3v) is 3.53. The number of fused-ring (bicyclic) bond motifs is 1. The lowest BCUT2D eigenvalue weighted by atomic mass is 9.85. The summed E-state index contributed by atoms with van der Waals surface area (Å²) in [5.41, 5.74) is 1.93. The zero-order valence-electron chi connectivity index (χ0n) is 11.0. The Labute approximate surface area is 120 Å². The van der Waals surface area contributed by atoms with Gasteiger partial charge in [-0.05, 0) is 17.2 Å². The van der Waals surface area contributed by atoms with E-state index in [0.717, 1.165) is 5.56 Å². The molecule has 0 aromatic heterocycles. The van der Waals surface area contributed by atoms with E-state index >= 15 is 0 Å². The lowest BCUT2D eigenvalue weighted by Crippen LogP contribution is -2.16. The number of aromatic hydroxyl groups is 1. The third kappa shape index (κ3) is 2.13. The maximum Gasteiger partial charge on any atom is 0.231 e. The average molecular weight is 283 g/mol. The first kappa shape index (κ1) is 13.2. The molecular formula is C16H13NO4.